The highest BCUT2D eigenvalue weighted by Crippen LogP contribution is 2.27. The molecule has 52 heavy (non-hydrogen) atoms. The van der Waals surface area contributed by atoms with Crippen molar-refractivity contribution in [2.75, 3.05) is 23.8 Å². The fourth-order valence-electron chi connectivity index (χ4n) is 5.10. The van der Waals surface area contributed by atoms with Gasteiger partial charge in [-0.15, -0.1) is 0 Å². The molecule has 0 radical (unpaired) electrons. The summed E-state index contributed by atoms with van der Waals surface area (Å²) in [6.45, 7) is 8.36. The smallest absolute Gasteiger partial charge is 0.354 e. The van der Waals surface area contributed by atoms with E-state index in [1.807, 2.05) is 6.08 Å². The third-order valence-corrected chi connectivity index (χ3v) is 10.5. The number of carbonyl (C=O) groups is 5. The van der Waals surface area contributed by atoms with Crippen molar-refractivity contribution in [1.29, 1.82) is 0 Å². The zero-order valence-corrected chi connectivity index (χ0v) is 31.3. The molecule has 2 fully saturated rings. The number of hydrogen-bond acceptors (Lipinski definition) is 15. The maximum atomic E-state index is 13.2. The summed E-state index contributed by atoms with van der Waals surface area (Å²) in [6.07, 6.45) is 3.77. The first-order valence-electron chi connectivity index (χ1n) is 16.8. The average molecular weight is 769 g/mol. The van der Waals surface area contributed by atoms with Crippen LogP contribution in [-0.4, -0.2) is 109 Å². The fraction of sp³-hybridized carbons (Fsp3) is 0.625. The molecule has 2 saturated heterocycles. The van der Waals surface area contributed by atoms with Crippen LogP contribution < -0.4 is 32.7 Å². The number of nitrogen functional groups attached to an aromatic ring is 1. The molecule has 4 rings (SSSR count). The minimum atomic E-state index is -1.00. The van der Waals surface area contributed by atoms with Crippen LogP contribution in [0.3, 0.4) is 0 Å². The molecule has 0 saturated carbocycles. The van der Waals surface area contributed by atoms with E-state index in [0.717, 1.165) is 4.57 Å². The van der Waals surface area contributed by atoms with Gasteiger partial charge in [0.15, 0.2) is 0 Å². The molecule has 4 heterocycles. The maximum absolute atomic E-state index is 13.2. The summed E-state index contributed by atoms with van der Waals surface area (Å²) in [5.74, 6) is -2.65. The van der Waals surface area contributed by atoms with Crippen molar-refractivity contribution in [1.82, 2.24) is 35.8 Å². The molecule has 1 aromatic heterocycles. The first kappa shape index (κ1) is 42.4. The number of allylic oxidation sites excluding steroid dienone is 2. The lowest BCUT2D eigenvalue weighted by Gasteiger charge is -2.27. The lowest BCUT2D eigenvalue weighted by atomic mass is 10.0. The van der Waals surface area contributed by atoms with Crippen LogP contribution in [-0.2, 0) is 33.4 Å². The van der Waals surface area contributed by atoms with Gasteiger partial charge in [-0.2, -0.15) is 4.98 Å². The van der Waals surface area contributed by atoms with E-state index in [1.165, 1.54) is 34.0 Å². The van der Waals surface area contributed by atoms with Crippen molar-refractivity contribution in [2.45, 2.75) is 96.5 Å². The van der Waals surface area contributed by atoms with Crippen LogP contribution in [0.4, 0.5) is 5.95 Å². The largest absolute Gasteiger partial charge is 0.456 e. The third kappa shape index (κ3) is 12.3. The van der Waals surface area contributed by atoms with Crippen molar-refractivity contribution in [2.24, 2.45) is 11.8 Å². The molecule has 8 N–H and O–H groups in total. The summed E-state index contributed by atoms with van der Waals surface area (Å²) < 4.78 is 12.1. The zero-order valence-electron chi connectivity index (χ0n) is 29.6. The number of ether oxygens (including phenoxy) is 2. The molecule has 0 unspecified atom stereocenters. The molecule has 288 valence electrons. The first-order valence-corrected chi connectivity index (χ1v) is 19.3. The quantitative estimate of drug-likeness (QED) is 0.0864. The Bertz CT molecular complexity index is 1550. The summed E-state index contributed by atoms with van der Waals surface area (Å²) in [5.41, 5.74) is 4.60. The standard InChI is InChI=1S/C24H36N4O6S2.C8H12N4O4/c1-6-16-21(30)28-20(14(4)5)24(33)34-15-9-7-8-10-35-36-12-17(22(31)25-16)26-23(32)19(13(2)3)27-18(29)11-15;9-7-10-3-12(8(15)11-7)6-1-4(14)5(2-13)16-6/h6-7,9,13-15,17,19-20H,8,10-12H2,1-5H3,(H,25,31)(H,26,32)(H,27,29)(H,28,30);3-6,13-14H,1-2H2,(H2,9,11,15)/b9-7+,16-6-;/t15-,17-,19-,20+;4-,5+,6+/m10/s1. The molecule has 3 aliphatic rings. The Kier molecular flexibility index (Phi) is 16.6. The van der Waals surface area contributed by atoms with Gasteiger partial charge >= 0.3 is 11.7 Å². The van der Waals surface area contributed by atoms with Crippen molar-refractivity contribution in [3.8, 4) is 0 Å². The third-order valence-electron chi connectivity index (χ3n) is 8.03. The lowest BCUT2D eigenvalue weighted by molar-refractivity contribution is -0.153. The van der Waals surface area contributed by atoms with Crippen LogP contribution in [0.25, 0.3) is 0 Å². The topological polar surface area (TPSA) is 266 Å². The minimum Gasteiger partial charge on any atom is -0.456 e. The van der Waals surface area contributed by atoms with E-state index in [9.17, 15) is 33.9 Å². The van der Waals surface area contributed by atoms with E-state index >= 15 is 0 Å². The molecule has 7 atom stereocenters. The number of fused-ring (bicyclic) bond motifs is 7. The second kappa shape index (κ2) is 20.3. The highest BCUT2D eigenvalue weighted by Gasteiger charge is 2.36. The maximum Gasteiger partial charge on any atom is 0.354 e. The average Bonchev–Trinajstić information content (AvgIpc) is 3.45. The van der Waals surface area contributed by atoms with Crippen molar-refractivity contribution in [3.63, 3.8) is 0 Å². The van der Waals surface area contributed by atoms with Crippen LogP contribution in [0.5, 0.6) is 0 Å². The zero-order chi connectivity index (χ0) is 38.5. The van der Waals surface area contributed by atoms with Gasteiger partial charge in [-0.25, -0.2) is 14.6 Å². The van der Waals surface area contributed by atoms with Gasteiger partial charge in [-0.3, -0.25) is 23.7 Å². The van der Waals surface area contributed by atoms with Crippen molar-refractivity contribution < 1.29 is 43.7 Å². The number of aliphatic hydroxyl groups excluding tert-OH is 2. The lowest BCUT2D eigenvalue weighted by Crippen LogP contribution is -2.57. The Balaban J connectivity index is 0.000000376. The molecule has 4 amide bonds. The summed E-state index contributed by atoms with van der Waals surface area (Å²) in [6, 6.07) is -2.86. The predicted octanol–water partition coefficient (Wildman–Crippen LogP) is -0.709. The molecule has 18 nitrogen and oxygen atoms in total. The molecule has 20 heteroatoms. The fourth-order valence-corrected chi connectivity index (χ4v) is 7.26. The Labute approximate surface area is 308 Å². The molecule has 2 bridgehead atoms. The number of amides is 4. The van der Waals surface area contributed by atoms with Crippen LogP contribution >= 0.6 is 21.6 Å². The molecule has 0 aromatic carbocycles. The van der Waals surface area contributed by atoms with Gasteiger partial charge in [0.05, 0.1) is 19.1 Å². The van der Waals surface area contributed by atoms with Crippen LogP contribution in [0.1, 0.15) is 60.1 Å². The van der Waals surface area contributed by atoms with Gasteiger partial charge in [0.2, 0.25) is 23.7 Å². The van der Waals surface area contributed by atoms with Gasteiger partial charge < -0.3 is 46.7 Å². The summed E-state index contributed by atoms with van der Waals surface area (Å²) in [5, 5.41) is 29.1. The van der Waals surface area contributed by atoms with Crippen LogP contribution in [0.2, 0.25) is 0 Å². The molecular formula is C32H48N8O10S2. The van der Waals surface area contributed by atoms with Gasteiger partial charge in [-0.1, -0.05) is 61.4 Å². The van der Waals surface area contributed by atoms with Gasteiger partial charge in [0.1, 0.15) is 48.6 Å². The van der Waals surface area contributed by atoms with Gasteiger partial charge in [0.25, 0.3) is 5.91 Å². The molecular weight excluding hydrogens is 721 g/mol. The monoisotopic (exact) mass is 768 g/mol. The van der Waals surface area contributed by atoms with Crippen LogP contribution in [0, 0.1) is 11.8 Å². The number of nitrogens with two attached hydrogens (primary N) is 1. The second-order valence-electron chi connectivity index (χ2n) is 12.8. The van der Waals surface area contributed by atoms with Crippen LogP contribution in [0.15, 0.2) is 35.0 Å². The Morgan fingerprint density at radius 2 is 1.75 bits per heavy atom. The highest BCUT2D eigenvalue weighted by molar-refractivity contribution is 8.76. The number of hydrogen-bond donors (Lipinski definition) is 7. The highest BCUT2D eigenvalue weighted by atomic mass is 33.1. The summed E-state index contributed by atoms with van der Waals surface area (Å²) in [4.78, 5) is 83.7. The van der Waals surface area contributed by atoms with E-state index in [-0.39, 0.29) is 48.7 Å². The molecule has 0 spiro atoms. The van der Waals surface area contributed by atoms with E-state index in [1.54, 1.807) is 40.7 Å². The number of rotatable bonds is 4. The molecule has 3 aliphatic heterocycles. The number of aromatic nitrogens is 3. The predicted molar refractivity (Wildman–Crippen MR) is 193 cm³/mol. The number of aliphatic hydroxyl groups is 2. The van der Waals surface area contributed by atoms with E-state index in [2.05, 4.69) is 31.2 Å². The normalized spacial score (nSPS) is 29.6. The Hall–Kier alpha value is -3.98. The van der Waals surface area contributed by atoms with Gasteiger partial charge in [0, 0.05) is 17.9 Å². The molecule has 1 aromatic rings. The SMILES string of the molecule is C/C=C1\NC(=O)[C@H]2CSSCC/C=C/[C@H](CC(=O)N[C@H](C(C)C)C(=O)N2)OC(=O)[C@H](C(C)C)NC1=O.Nc1ncn([C@H]2C[C@H](O)[C@@H](CO)O2)c(=O)n1. The number of carbonyl (C=O) groups excluding carboxylic acids is 5. The number of esters is 1. The summed E-state index contributed by atoms with van der Waals surface area (Å²) >= 11 is 0. The minimum absolute atomic E-state index is 0.0445. The van der Waals surface area contributed by atoms with E-state index < -0.39 is 78.0 Å². The van der Waals surface area contributed by atoms with E-state index in [4.69, 9.17) is 20.3 Å². The first-order chi connectivity index (χ1) is 24.6. The molecule has 0 aliphatic carbocycles. The number of anilines is 1. The summed E-state index contributed by atoms with van der Waals surface area (Å²) in [7, 11) is 2.95. The number of nitrogens with one attached hydrogen (secondary N) is 4. The van der Waals surface area contributed by atoms with Crippen molar-refractivity contribution >= 4 is 57.1 Å². The van der Waals surface area contributed by atoms with Gasteiger partial charge in [-0.05, 0) is 31.3 Å². The van der Waals surface area contributed by atoms with Crippen molar-refractivity contribution in [3.05, 3.63) is 40.7 Å². The number of nitrogens with zero attached hydrogens (tertiary/aromatic N) is 3. The second-order valence-corrected chi connectivity index (χ2v) is 15.4. The van der Waals surface area contributed by atoms with E-state index in [0.29, 0.717) is 12.2 Å². The Morgan fingerprint density at radius 3 is 2.37 bits per heavy atom. The Morgan fingerprint density at radius 1 is 1.04 bits per heavy atom.